The Morgan fingerprint density at radius 1 is 1.19 bits per heavy atom. The number of hydrogen-bond donors (Lipinski definition) is 2. The quantitative estimate of drug-likeness (QED) is 0.637. The zero-order chi connectivity index (χ0) is 22.0. The third-order valence-electron chi connectivity index (χ3n) is 5.81. The maximum Gasteiger partial charge on any atom is 0.224 e. The molecule has 1 aliphatic rings. The first-order valence-corrected chi connectivity index (χ1v) is 10.8. The summed E-state index contributed by atoms with van der Waals surface area (Å²) in [5, 5.41) is 11.2. The number of hydrogen-bond acceptors (Lipinski definition) is 5. The maximum atomic E-state index is 12.4. The summed E-state index contributed by atoms with van der Waals surface area (Å²) in [7, 11) is 1.94. The molecule has 0 radical (unpaired) electrons. The highest BCUT2D eigenvalue weighted by molar-refractivity contribution is 5.94. The van der Waals surface area contributed by atoms with Gasteiger partial charge in [-0.3, -0.25) is 9.48 Å². The summed E-state index contributed by atoms with van der Waals surface area (Å²) in [6.45, 7) is 7.45. The molecule has 3 heterocycles. The number of anilines is 2. The minimum atomic E-state index is 0.0632. The van der Waals surface area contributed by atoms with Crippen molar-refractivity contribution in [2.45, 2.75) is 45.8 Å². The van der Waals surface area contributed by atoms with E-state index < -0.39 is 0 Å². The number of carbonyl (C=O) groups is 1. The molecule has 1 aliphatic heterocycles. The summed E-state index contributed by atoms with van der Waals surface area (Å²) >= 11 is 0. The van der Waals surface area contributed by atoms with Gasteiger partial charge in [0.25, 0.3) is 0 Å². The van der Waals surface area contributed by atoms with Gasteiger partial charge < -0.3 is 15.5 Å². The Hall–Kier alpha value is -3.19. The SMILES string of the molecule is CNCCn1cc(-c2ccc3c(c2)C(Nc2ccc(C)cn2)CC(C)N3C(C)=O)cn1. The fraction of sp³-hybridized carbons (Fsp3) is 0.375. The van der Waals surface area contributed by atoms with Crippen molar-refractivity contribution in [1.29, 1.82) is 0 Å². The third-order valence-corrected chi connectivity index (χ3v) is 5.81. The van der Waals surface area contributed by atoms with Gasteiger partial charge in [-0.25, -0.2) is 4.98 Å². The van der Waals surface area contributed by atoms with Crippen LogP contribution in [0.2, 0.25) is 0 Å². The van der Waals surface area contributed by atoms with Crippen LogP contribution in [0.25, 0.3) is 11.1 Å². The molecule has 31 heavy (non-hydrogen) atoms. The number of likely N-dealkylation sites (N-methyl/N-ethyl adjacent to an activating group) is 1. The first-order valence-electron chi connectivity index (χ1n) is 10.8. The molecule has 2 unspecified atom stereocenters. The van der Waals surface area contributed by atoms with Gasteiger partial charge in [-0.15, -0.1) is 0 Å². The Labute approximate surface area is 183 Å². The van der Waals surface area contributed by atoms with Gasteiger partial charge in [0, 0.05) is 43.2 Å². The van der Waals surface area contributed by atoms with Crippen LogP contribution >= 0.6 is 0 Å². The van der Waals surface area contributed by atoms with E-state index in [1.807, 2.05) is 42.0 Å². The highest BCUT2D eigenvalue weighted by atomic mass is 16.2. The van der Waals surface area contributed by atoms with E-state index in [0.29, 0.717) is 0 Å². The molecule has 2 N–H and O–H groups in total. The van der Waals surface area contributed by atoms with E-state index >= 15 is 0 Å². The number of fused-ring (bicyclic) bond motifs is 1. The van der Waals surface area contributed by atoms with Crippen molar-refractivity contribution in [1.82, 2.24) is 20.1 Å². The van der Waals surface area contributed by atoms with E-state index in [9.17, 15) is 4.79 Å². The Balaban J connectivity index is 1.70. The van der Waals surface area contributed by atoms with Crippen LogP contribution in [0, 0.1) is 6.92 Å². The highest BCUT2D eigenvalue weighted by Gasteiger charge is 2.32. The van der Waals surface area contributed by atoms with Gasteiger partial charge in [-0.2, -0.15) is 5.10 Å². The van der Waals surface area contributed by atoms with E-state index in [-0.39, 0.29) is 18.0 Å². The molecule has 2 aromatic heterocycles. The van der Waals surface area contributed by atoms with Crippen LogP contribution in [0.3, 0.4) is 0 Å². The summed E-state index contributed by atoms with van der Waals surface area (Å²) in [6, 6.07) is 10.5. The molecule has 3 aromatic rings. The van der Waals surface area contributed by atoms with E-state index in [0.717, 1.165) is 53.3 Å². The number of aryl methyl sites for hydroxylation is 1. The van der Waals surface area contributed by atoms with E-state index in [4.69, 9.17) is 0 Å². The molecular weight excluding hydrogens is 388 g/mol. The van der Waals surface area contributed by atoms with Crippen molar-refractivity contribution in [3.63, 3.8) is 0 Å². The van der Waals surface area contributed by atoms with Crippen LogP contribution in [-0.2, 0) is 11.3 Å². The lowest BCUT2D eigenvalue weighted by molar-refractivity contribution is -0.117. The number of amides is 1. The van der Waals surface area contributed by atoms with Gasteiger partial charge in [0.2, 0.25) is 5.91 Å². The molecule has 0 saturated heterocycles. The van der Waals surface area contributed by atoms with Crippen molar-refractivity contribution >= 4 is 17.4 Å². The minimum absolute atomic E-state index is 0.0632. The Morgan fingerprint density at radius 3 is 2.74 bits per heavy atom. The fourth-order valence-electron chi connectivity index (χ4n) is 4.25. The first kappa shape index (κ1) is 21.1. The smallest absolute Gasteiger partial charge is 0.224 e. The average molecular weight is 419 g/mol. The summed E-state index contributed by atoms with van der Waals surface area (Å²) < 4.78 is 1.95. The summed E-state index contributed by atoms with van der Waals surface area (Å²) in [4.78, 5) is 18.8. The van der Waals surface area contributed by atoms with Crippen molar-refractivity contribution in [2.24, 2.45) is 0 Å². The van der Waals surface area contributed by atoms with Crippen LogP contribution < -0.4 is 15.5 Å². The molecule has 7 nitrogen and oxygen atoms in total. The molecule has 0 fully saturated rings. The van der Waals surface area contributed by atoms with Gasteiger partial charge in [0.05, 0.1) is 18.8 Å². The summed E-state index contributed by atoms with van der Waals surface area (Å²) in [5.41, 5.74) is 5.36. The molecule has 0 bridgehead atoms. The normalized spacial score (nSPS) is 18.0. The lowest BCUT2D eigenvalue weighted by Crippen LogP contribution is -2.43. The number of rotatable bonds is 6. The largest absolute Gasteiger partial charge is 0.363 e. The number of pyridine rings is 1. The zero-order valence-electron chi connectivity index (χ0n) is 18.6. The number of nitrogens with zero attached hydrogens (tertiary/aromatic N) is 4. The van der Waals surface area contributed by atoms with E-state index in [1.165, 1.54) is 0 Å². The second-order valence-electron chi connectivity index (χ2n) is 8.26. The highest BCUT2D eigenvalue weighted by Crippen LogP contribution is 2.40. The number of nitrogens with one attached hydrogen (secondary N) is 2. The molecule has 7 heteroatoms. The first-order chi connectivity index (χ1) is 15.0. The zero-order valence-corrected chi connectivity index (χ0v) is 18.6. The number of carbonyl (C=O) groups excluding carboxylic acids is 1. The van der Waals surface area contributed by atoms with Crippen molar-refractivity contribution in [2.75, 3.05) is 23.8 Å². The van der Waals surface area contributed by atoms with Crippen LogP contribution in [0.15, 0.2) is 48.9 Å². The van der Waals surface area contributed by atoms with Crippen LogP contribution in [-0.4, -0.2) is 40.3 Å². The second-order valence-corrected chi connectivity index (χ2v) is 8.26. The fourth-order valence-corrected chi connectivity index (χ4v) is 4.25. The predicted octanol–water partition coefficient (Wildman–Crippen LogP) is 3.77. The van der Waals surface area contributed by atoms with Crippen molar-refractivity contribution < 1.29 is 4.79 Å². The summed E-state index contributed by atoms with van der Waals surface area (Å²) in [5.74, 6) is 0.906. The predicted molar refractivity (Wildman–Crippen MR) is 124 cm³/mol. The molecule has 162 valence electrons. The van der Waals surface area contributed by atoms with E-state index in [2.05, 4.69) is 58.1 Å². The van der Waals surface area contributed by atoms with Crippen LogP contribution in [0.4, 0.5) is 11.5 Å². The second kappa shape index (κ2) is 8.89. The minimum Gasteiger partial charge on any atom is -0.363 e. The molecule has 4 rings (SSSR count). The molecule has 2 atom stereocenters. The molecule has 0 aliphatic carbocycles. The van der Waals surface area contributed by atoms with Crippen molar-refractivity contribution in [3.05, 3.63) is 60.0 Å². The van der Waals surface area contributed by atoms with Gasteiger partial charge in [0.15, 0.2) is 0 Å². The van der Waals surface area contributed by atoms with Crippen molar-refractivity contribution in [3.8, 4) is 11.1 Å². The molecule has 1 amide bonds. The number of benzene rings is 1. The average Bonchev–Trinajstić information content (AvgIpc) is 3.22. The lowest BCUT2D eigenvalue weighted by atomic mass is 9.89. The topological polar surface area (TPSA) is 75.1 Å². The lowest BCUT2D eigenvalue weighted by Gasteiger charge is -2.39. The van der Waals surface area contributed by atoms with Gasteiger partial charge in [-0.05, 0) is 62.2 Å². The van der Waals surface area contributed by atoms with E-state index in [1.54, 1.807) is 6.92 Å². The van der Waals surface area contributed by atoms with Gasteiger partial charge >= 0.3 is 0 Å². The molecule has 0 saturated carbocycles. The molecular formula is C24H30N6O. The Morgan fingerprint density at radius 2 is 2.03 bits per heavy atom. The molecule has 1 aromatic carbocycles. The number of aromatic nitrogens is 3. The maximum absolute atomic E-state index is 12.4. The Bertz CT molecular complexity index is 1060. The molecule has 0 spiro atoms. The Kier molecular flexibility index (Phi) is 6.04. The third kappa shape index (κ3) is 4.46. The van der Waals surface area contributed by atoms with Crippen LogP contribution in [0.5, 0.6) is 0 Å². The van der Waals surface area contributed by atoms with Gasteiger partial charge in [-0.1, -0.05) is 12.1 Å². The summed E-state index contributed by atoms with van der Waals surface area (Å²) in [6.07, 6.45) is 6.65. The van der Waals surface area contributed by atoms with Gasteiger partial charge in [0.1, 0.15) is 5.82 Å². The van der Waals surface area contributed by atoms with Crippen LogP contribution in [0.1, 0.15) is 37.4 Å². The monoisotopic (exact) mass is 418 g/mol. The standard InChI is InChI=1S/C24H30N6O/c1-16-5-8-24(26-13-16)28-22-11-17(2)30(18(3)31)23-7-6-19(12-21(22)23)20-14-27-29(15-20)10-9-25-4/h5-8,12-15,17,22,25H,9-11H2,1-4H3,(H,26,28).